The lowest BCUT2D eigenvalue weighted by Gasteiger charge is -2.19. The molecule has 1 heterocycles. The van der Waals surface area contributed by atoms with Gasteiger partial charge in [0.05, 0.1) is 30.2 Å². The highest BCUT2D eigenvalue weighted by Crippen LogP contribution is 2.24. The smallest absolute Gasteiger partial charge is 0.234 e. The Kier molecular flexibility index (Phi) is 6.12. The second-order valence-electron chi connectivity index (χ2n) is 5.88. The molecule has 0 aliphatic carbocycles. The molecule has 0 saturated heterocycles. The van der Waals surface area contributed by atoms with E-state index in [1.807, 2.05) is 25.1 Å². The third-order valence-electron chi connectivity index (χ3n) is 3.67. The Hall–Kier alpha value is -1.92. The maximum Gasteiger partial charge on any atom is 0.234 e. The molecule has 0 bridgehead atoms. The molecule has 0 saturated carbocycles. The molecule has 1 amide bonds. The Morgan fingerprint density at radius 2 is 2.04 bits per heavy atom. The van der Waals surface area contributed by atoms with Crippen LogP contribution < -0.4 is 10.6 Å². The molecular weight excluding hydrogens is 292 g/mol. The maximum absolute atomic E-state index is 12.0. The monoisotopic (exact) mass is 318 g/mol. The summed E-state index contributed by atoms with van der Waals surface area (Å²) in [6.45, 7) is 7.73. The largest absolute Gasteiger partial charge is 0.383 e. The van der Waals surface area contributed by atoms with Crippen molar-refractivity contribution in [1.82, 2.24) is 20.2 Å². The molecule has 2 N–H and O–H groups in total. The van der Waals surface area contributed by atoms with E-state index in [2.05, 4.69) is 35.1 Å². The van der Waals surface area contributed by atoms with E-state index in [1.54, 1.807) is 7.11 Å². The quantitative estimate of drug-likeness (QED) is 0.731. The zero-order chi connectivity index (χ0) is 16.8. The van der Waals surface area contributed by atoms with Crippen LogP contribution in [0.15, 0.2) is 24.3 Å². The van der Waals surface area contributed by atoms with Crippen molar-refractivity contribution in [2.45, 2.75) is 32.9 Å². The lowest BCUT2D eigenvalue weighted by molar-refractivity contribution is -0.121. The Balaban J connectivity index is 2.10. The molecule has 1 unspecified atom stereocenters. The van der Waals surface area contributed by atoms with Gasteiger partial charge >= 0.3 is 0 Å². The van der Waals surface area contributed by atoms with Crippen molar-refractivity contribution in [3.8, 4) is 0 Å². The van der Waals surface area contributed by atoms with Gasteiger partial charge in [0.2, 0.25) is 5.91 Å². The molecule has 0 spiro atoms. The van der Waals surface area contributed by atoms with Gasteiger partial charge in [0.25, 0.3) is 0 Å². The second-order valence-corrected chi connectivity index (χ2v) is 5.88. The number of nitrogens with zero attached hydrogens (tertiary/aromatic N) is 2. The molecular formula is C17H26N4O2. The summed E-state index contributed by atoms with van der Waals surface area (Å²) in [6, 6.07) is 8.17. The number of carbonyl (C=O) groups excluding carboxylic acids is 1. The summed E-state index contributed by atoms with van der Waals surface area (Å²) in [7, 11) is 1.64. The molecule has 0 aliphatic rings. The van der Waals surface area contributed by atoms with Crippen LogP contribution in [0.1, 0.15) is 38.7 Å². The normalized spacial score (nSPS) is 12.7. The fraction of sp³-hybridized carbons (Fsp3) is 0.529. The van der Waals surface area contributed by atoms with Crippen LogP contribution >= 0.6 is 0 Å². The number of ether oxygens (including phenoxy) is 1. The van der Waals surface area contributed by atoms with E-state index < -0.39 is 0 Å². The molecule has 1 aromatic carbocycles. The van der Waals surface area contributed by atoms with Crippen LogP contribution in [0.25, 0.3) is 11.0 Å². The molecule has 6 heteroatoms. The van der Waals surface area contributed by atoms with E-state index in [-0.39, 0.29) is 24.5 Å². The number of rotatable bonds is 8. The summed E-state index contributed by atoms with van der Waals surface area (Å²) in [5.41, 5.74) is 2.05. The van der Waals surface area contributed by atoms with Gasteiger partial charge in [0.15, 0.2) is 0 Å². The SMILES string of the molecule is COCCNCC(=O)NC(C)c1nc2ccccc2n1C(C)C. The van der Waals surface area contributed by atoms with Crippen molar-refractivity contribution in [2.24, 2.45) is 0 Å². The van der Waals surface area contributed by atoms with Crippen molar-refractivity contribution in [3.05, 3.63) is 30.1 Å². The van der Waals surface area contributed by atoms with E-state index in [4.69, 9.17) is 9.72 Å². The zero-order valence-electron chi connectivity index (χ0n) is 14.3. The van der Waals surface area contributed by atoms with Crippen LogP contribution in [0.4, 0.5) is 0 Å². The molecule has 0 aliphatic heterocycles. The van der Waals surface area contributed by atoms with Crippen molar-refractivity contribution in [3.63, 3.8) is 0 Å². The highest BCUT2D eigenvalue weighted by Gasteiger charge is 2.19. The lowest BCUT2D eigenvalue weighted by atomic mass is 10.2. The van der Waals surface area contributed by atoms with Gasteiger partial charge in [-0.05, 0) is 32.9 Å². The molecule has 0 fully saturated rings. The van der Waals surface area contributed by atoms with Crippen LogP contribution in [0.3, 0.4) is 0 Å². The summed E-state index contributed by atoms with van der Waals surface area (Å²) in [5.74, 6) is 0.836. The number of carbonyl (C=O) groups is 1. The first kappa shape index (κ1) is 17.4. The number of hydrogen-bond donors (Lipinski definition) is 2. The predicted octanol–water partition coefficient (Wildman–Crippen LogP) is 2.03. The van der Waals surface area contributed by atoms with E-state index in [1.165, 1.54) is 0 Å². The Labute approximate surface area is 137 Å². The minimum atomic E-state index is -0.151. The van der Waals surface area contributed by atoms with Gasteiger partial charge in [-0.1, -0.05) is 12.1 Å². The van der Waals surface area contributed by atoms with Crippen LogP contribution in [-0.4, -0.2) is 42.3 Å². The molecule has 126 valence electrons. The molecule has 6 nitrogen and oxygen atoms in total. The summed E-state index contributed by atoms with van der Waals surface area (Å²) >= 11 is 0. The van der Waals surface area contributed by atoms with Crippen LogP contribution in [0.2, 0.25) is 0 Å². The standard InChI is InChI=1S/C17H26N4O2/c1-12(2)21-15-8-6-5-7-14(15)20-17(21)13(3)19-16(22)11-18-9-10-23-4/h5-8,12-13,18H,9-11H2,1-4H3,(H,19,22). The van der Waals surface area contributed by atoms with Crippen molar-refractivity contribution in [1.29, 1.82) is 0 Å². The Bertz CT molecular complexity index is 651. The molecule has 23 heavy (non-hydrogen) atoms. The van der Waals surface area contributed by atoms with Gasteiger partial charge in [0.1, 0.15) is 5.82 Å². The number of nitrogens with one attached hydrogen (secondary N) is 2. The topological polar surface area (TPSA) is 68.2 Å². The van der Waals surface area contributed by atoms with Crippen molar-refractivity contribution < 1.29 is 9.53 Å². The van der Waals surface area contributed by atoms with E-state index >= 15 is 0 Å². The minimum Gasteiger partial charge on any atom is -0.383 e. The average Bonchev–Trinajstić information content (AvgIpc) is 2.91. The number of aromatic nitrogens is 2. The van der Waals surface area contributed by atoms with Crippen molar-refractivity contribution >= 4 is 16.9 Å². The molecule has 2 rings (SSSR count). The first-order valence-corrected chi connectivity index (χ1v) is 8.00. The number of methoxy groups -OCH3 is 1. The summed E-state index contributed by atoms with van der Waals surface area (Å²) in [4.78, 5) is 16.7. The van der Waals surface area contributed by atoms with Crippen LogP contribution in [-0.2, 0) is 9.53 Å². The first-order valence-electron chi connectivity index (χ1n) is 8.00. The van der Waals surface area contributed by atoms with Gasteiger partial charge < -0.3 is 19.9 Å². The van der Waals surface area contributed by atoms with Crippen LogP contribution in [0, 0.1) is 0 Å². The number of hydrogen-bond acceptors (Lipinski definition) is 4. The minimum absolute atomic E-state index is 0.0454. The fourth-order valence-electron chi connectivity index (χ4n) is 2.64. The fourth-order valence-corrected chi connectivity index (χ4v) is 2.64. The van der Waals surface area contributed by atoms with Gasteiger partial charge in [0, 0.05) is 19.7 Å². The second kappa shape index (κ2) is 8.08. The molecule has 1 aromatic heterocycles. The van der Waals surface area contributed by atoms with Gasteiger partial charge in [-0.3, -0.25) is 4.79 Å². The Morgan fingerprint density at radius 3 is 2.74 bits per heavy atom. The number of benzene rings is 1. The Morgan fingerprint density at radius 1 is 1.30 bits per heavy atom. The lowest BCUT2D eigenvalue weighted by Crippen LogP contribution is -2.37. The first-order chi connectivity index (χ1) is 11.0. The number of fused-ring (bicyclic) bond motifs is 1. The third kappa shape index (κ3) is 4.30. The van der Waals surface area contributed by atoms with E-state index in [9.17, 15) is 4.79 Å². The van der Waals surface area contributed by atoms with E-state index in [0.29, 0.717) is 13.2 Å². The van der Waals surface area contributed by atoms with Crippen LogP contribution in [0.5, 0.6) is 0 Å². The number of amides is 1. The summed E-state index contributed by atoms with van der Waals surface area (Å²) in [6.07, 6.45) is 0. The highest BCUT2D eigenvalue weighted by molar-refractivity contribution is 5.79. The maximum atomic E-state index is 12.0. The molecule has 1 atom stereocenters. The predicted molar refractivity (Wildman–Crippen MR) is 91.4 cm³/mol. The number of para-hydroxylation sites is 2. The van der Waals surface area contributed by atoms with Gasteiger partial charge in [-0.25, -0.2) is 4.98 Å². The molecule has 0 radical (unpaired) electrons. The van der Waals surface area contributed by atoms with E-state index in [0.717, 1.165) is 16.9 Å². The van der Waals surface area contributed by atoms with Gasteiger partial charge in [-0.15, -0.1) is 0 Å². The molecule has 2 aromatic rings. The van der Waals surface area contributed by atoms with Gasteiger partial charge in [-0.2, -0.15) is 0 Å². The van der Waals surface area contributed by atoms with Crippen molar-refractivity contribution in [2.75, 3.05) is 26.8 Å². The summed E-state index contributed by atoms with van der Waals surface area (Å²) < 4.78 is 7.12. The average molecular weight is 318 g/mol. The summed E-state index contributed by atoms with van der Waals surface area (Å²) in [5, 5.41) is 6.05. The zero-order valence-corrected chi connectivity index (χ0v) is 14.3. The highest BCUT2D eigenvalue weighted by atomic mass is 16.5. The number of imidazole rings is 1. The third-order valence-corrected chi connectivity index (χ3v) is 3.67.